The van der Waals surface area contributed by atoms with Crippen LogP contribution in [0.3, 0.4) is 0 Å². The molecule has 0 heterocycles. The molecule has 0 saturated carbocycles. The molecule has 0 aromatic heterocycles. The maximum atomic E-state index is 12.5. The molecule has 1 aromatic carbocycles. The van der Waals surface area contributed by atoms with Crippen LogP contribution in [0.1, 0.15) is 33.1 Å². The lowest BCUT2D eigenvalue weighted by atomic mass is 9.89. The van der Waals surface area contributed by atoms with Gasteiger partial charge >= 0.3 is 5.97 Å². The van der Waals surface area contributed by atoms with Crippen molar-refractivity contribution in [3.63, 3.8) is 0 Å². The fourth-order valence-electron chi connectivity index (χ4n) is 2.49. The number of carbonyl (C=O) groups is 2. The first-order valence-corrected chi connectivity index (χ1v) is 8.28. The molecule has 0 unspecified atom stereocenters. The monoisotopic (exact) mass is 333 g/mol. The van der Waals surface area contributed by atoms with Gasteiger partial charge in [-0.1, -0.05) is 13.0 Å². The van der Waals surface area contributed by atoms with Crippen molar-refractivity contribution in [2.24, 2.45) is 5.92 Å². The van der Waals surface area contributed by atoms with Crippen LogP contribution in [-0.4, -0.2) is 31.5 Å². The van der Waals surface area contributed by atoms with E-state index < -0.39 is 17.9 Å². The summed E-state index contributed by atoms with van der Waals surface area (Å²) in [6.07, 6.45) is 3.26. The van der Waals surface area contributed by atoms with E-state index >= 15 is 0 Å². The van der Waals surface area contributed by atoms with E-state index in [1.165, 1.54) is 0 Å². The summed E-state index contributed by atoms with van der Waals surface area (Å²) in [6.45, 7) is 7.67. The van der Waals surface area contributed by atoms with Crippen molar-refractivity contribution in [2.75, 3.05) is 19.0 Å². The largest absolute Gasteiger partial charge is 0.497 e. The molecule has 1 rings (SSSR count). The predicted molar refractivity (Wildman–Crippen MR) is 95.3 cm³/mol. The van der Waals surface area contributed by atoms with Crippen molar-refractivity contribution < 1.29 is 19.1 Å². The maximum Gasteiger partial charge on any atom is 0.329 e. The Labute approximate surface area is 144 Å². The highest BCUT2D eigenvalue weighted by atomic mass is 16.5. The third kappa shape index (κ3) is 5.72. The van der Waals surface area contributed by atoms with Crippen molar-refractivity contribution in [1.82, 2.24) is 0 Å². The zero-order valence-electron chi connectivity index (χ0n) is 14.7. The number of ketones is 1. The molecule has 1 N–H and O–H groups in total. The molecule has 0 amide bonds. The normalized spacial score (nSPS) is 12.8. The fourth-order valence-corrected chi connectivity index (χ4v) is 2.49. The van der Waals surface area contributed by atoms with Gasteiger partial charge in [0.2, 0.25) is 0 Å². The van der Waals surface area contributed by atoms with Crippen LogP contribution in [0.4, 0.5) is 5.69 Å². The van der Waals surface area contributed by atoms with Gasteiger partial charge in [0.15, 0.2) is 0 Å². The van der Waals surface area contributed by atoms with E-state index in [1.807, 2.05) is 6.92 Å². The van der Waals surface area contributed by atoms with E-state index in [1.54, 1.807) is 44.4 Å². The van der Waals surface area contributed by atoms with Gasteiger partial charge in [0.25, 0.3) is 0 Å². The van der Waals surface area contributed by atoms with Gasteiger partial charge in [-0.2, -0.15) is 0 Å². The number of hydrogen-bond donors (Lipinski definition) is 1. The van der Waals surface area contributed by atoms with Crippen LogP contribution in [0.2, 0.25) is 0 Å². The molecule has 0 radical (unpaired) electrons. The van der Waals surface area contributed by atoms with Crippen LogP contribution in [-0.2, 0) is 14.3 Å². The molecular weight excluding hydrogens is 306 g/mol. The highest BCUT2D eigenvalue weighted by molar-refractivity contribution is 5.90. The number of nitrogens with one attached hydrogen (secondary N) is 1. The van der Waals surface area contributed by atoms with Gasteiger partial charge in [-0.3, -0.25) is 4.79 Å². The Kier molecular flexibility index (Phi) is 8.61. The second-order valence-electron chi connectivity index (χ2n) is 5.45. The molecule has 0 aliphatic heterocycles. The van der Waals surface area contributed by atoms with Crippen molar-refractivity contribution in [2.45, 2.75) is 39.2 Å². The Bertz CT molecular complexity index is 539. The van der Waals surface area contributed by atoms with Gasteiger partial charge in [-0.15, -0.1) is 6.58 Å². The minimum atomic E-state index is -0.740. The molecule has 0 saturated heterocycles. The van der Waals surface area contributed by atoms with Crippen LogP contribution < -0.4 is 10.1 Å². The quantitative estimate of drug-likeness (QED) is 0.495. The molecule has 24 heavy (non-hydrogen) atoms. The first-order valence-electron chi connectivity index (χ1n) is 8.28. The van der Waals surface area contributed by atoms with Crippen molar-refractivity contribution in [1.29, 1.82) is 0 Å². The third-order valence-corrected chi connectivity index (χ3v) is 3.69. The molecule has 0 spiro atoms. The van der Waals surface area contributed by atoms with Crippen LogP contribution in [0, 0.1) is 5.92 Å². The molecule has 5 heteroatoms. The first kappa shape index (κ1) is 19.7. The predicted octanol–water partition coefficient (Wildman–Crippen LogP) is 3.60. The third-order valence-electron chi connectivity index (χ3n) is 3.69. The summed E-state index contributed by atoms with van der Waals surface area (Å²) >= 11 is 0. The van der Waals surface area contributed by atoms with Crippen LogP contribution >= 0.6 is 0 Å². The van der Waals surface area contributed by atoms with Crippen LogP contribution in [0.15, 0.2) is 36.9 Å². The van der Waals surface area contributed by atoms with Gasteiger partial charge in [-0.25, -0.2) is 4.79 Å². The van der Waals surface area contributed by atoms with E-state index in [0.29, 0.717) is 12.8 Å². The molecule has 132 valence electrons. The maximum absolute atomic E-state index is 12.5. The zero-order valence-corrected chi connectivity index (χ0v) is 14.7. The number of ether oxygens (including phenoxy) is 2. The number of Topliss-reactive ketones (excluding diaryl/α,β-unsaturated/α-hetero) is 1. The smallest absolute Gasteiger partial charge is 0.329 e. The summed E-state index contributed by atoms with van der Waals surface area (Å²) in [4.78, 5) is 24.9. The van der Waals surface area contributed by atoms with Gasteiger partial charge in [0.05, 0.1) is 19.6 Å². The topological polar surface area (TPSA) is 64.6 Å². The second-order valence-corrected chi connectivity index (χ2v) is 5.45. The summed E-state index contributed by atoms with van der Waals surface area (Å²) < 4.78 is 10.3. The molecular formula is C19H27NO4. The fraction of sp³-hybridized carbons (Fsp3) is 0.474. The van der Waals surface area contributed by atoms with E-state index in [0.717, 1.165) is 17.9 Å². The number of anilines is 1. The Morgan fingerprint density at radius 3 is 2.42 bits per heavy atom. The van der Waals surface area contributed by atoms with Crippen LogP contribution in [0.5, 0.6) is 5.75 Å². The summed E-state index contributed by atoms with van der Waals surface area (Å²) in [5.41, 5.74) is 0.729. The molecule has 0 aliphatic rings. The summed E-state index contributed by atoms with van der Waals surface area (Å²) in [6, 6.07) is 6.46. The highest BCUT2D eigenvalue weighted by Crippen LogP contribution is 2.22. The van der Waals surface area contributed by atoms with E-state index in [9.17, 15) is 9.59 Å². The Morgan fingerprint density at radius 2 is 1.92 bits per heavy atom. The molecule has 0 bridgehead atoms. The summed E-state index contributed by atoms with van der Waals surface area (Å²) in [5.74, 6) is -0.164. The van der Waals surface area contributed by atoms with E-state index in [4.69, 9.17) is 9.47 Å². The number of methoxy groups -OCH3 is 1. The van der Waals surface area contributed by atoms with Gasteiger partial charge in [0.1, 0.15) is 17.6 Å². The highest BCUT2D eigenvalue weighted by Gasteiger charge is 2.33. The molecule has 0 aliphatic carbocycles. The summed E-state index contributed by atoms with van der Waals surface area (Å²) in [7, 11) is 1.59. The van der Waals surface area contributed by atoms with E-state index in [-0.39, 0.29) is 12.4 Å². The Morgan fingerprint density at radius 1 is 1.25 bits per heavy atom. The van der Waals surface area contributed by atoms with Gasteiger partial charge < -0.3 is 14.8 Å². The standard InChI is InChI=1S/C19H27NO4/c1-5-8-16(17(21)9-6-2)18(19(22)24-7-3)20-14-10-12-15(23-4)13-11-14/h5,10-13,16,18,20H,1,6-9H2,2-4H3/t16-,18-/m0/s1. The van der Waals surface area contributed by atoms with Gasteiger partial charge in [-0.05, 0) is 44.0 Å². The Hall–Kier alpha value is -2.30. The average molecular weight is 333 g/mol. The van der Waals surface area contributed by atoms with Crippen molar-refractivity contribution >= 4 is 17.4 Å². The number of benzene rings is 1. The number of esters is 1. The summed E-state index contributed by atoms with van der Waals surface area (Å²) in [5, 5.41) is 3.14. The second kappa shape index (κ2) is 10.5. The zero-order chi connectivity index (χ0) is 17.9. The van der Waals surface area contributed by atoms with E-state index in [2.05, 4.69) is 11.9 Å². The number of rotatable bonds is 11. The number of allylic oxidation sites excluding steroid dienone is 1. The van der Waals surface area contributed by atoms with Crippen molar-refractivity contribution in [3.05, 3.63) is 36.9 Å². The lowest BCUT2D eigenvalue weighted by molar-refractivity contribution is -0.147. The molecule has 5 nitrogen and oxygen atoms in total. The lowest BCUT2D eigenvalue weighted by Gasteiger charge is -2.25. The number of carbonyl (C=O) groups excluding carboxylic acids is 2. The SMILES string of the molecule is C=CC[C@@H](C(=O)CCC)[C@H](Nc1ccc(OC)cc1)C(=O)OCC. The lowest BCUT2D eigenvalue weighted by Crippen LogP contribution is -2.42. The first-order chi connectivity index (χ1) is 11.6. The van der Waals surface area contributed by atoms with Gasteiger partial charge in [0, 0.05) is 12.1 Å². The minimum Gasteiger partial charge on any atom is -0.497 e. The molecule has 2 atom stereocenters. The van der Waals surface area contributed by atoms with Crippen molar-refractivity contribution in [3.8, 4) is 5.75 Å². The average Bonchev–Trinajstić information content (AvgIpc) is 2.59. The number of hydrogen-bond acceptors (Lipinski definition) is 5. The Balaban J connectivity index is 3.04. The van der Waals surface area contributed by atoms with Crippen LogP contribution in [0.25, 0.3) is 0 Å². The molecule has 0 fully saturated rings. The molecule has 1 aromatic rings. The minimum absolute atomic E-state index is 0.0384.